The maximum Gasteiger partial charge on any atom is 0.252 e. The molecular weight excluding hydrogens is 352 g/mol. The Bertz CT molecular complexity index is 939. The number of hydrogen-bond donors (Lipinski definition) is 0. The number of nitrogens with zero attached hydrogens (tertiary/aromatic N) is 2. The Morgan fingerprint density at radius 1 is 0.741 bits per heavy atom. The molecule has 3 aromatic carbocycles. The molecule has 0 aromatic heterocycles. The Kier molecular flexibility index (Phi) is 4.99. The molecule has 0 aliphatic carbocycles. The topological polar surface area (TPSA) is 23.6 Å². The van der Waals surface area contributed by atoms with E-state index in [-0.39, 0.29) is 5.91 Å². The van der Waals surface area contributed by atoms with Crippen LogP contribution in [0.25, 0.3) is 0 Å². The van der Waals surface area contributed by atoms with Crippen molar-refractivity contribution >= 4 is 28.9 Å². The van der Waals surface area contributed by atoms with Crippen LogP contribution in [0.3, 0.4) is 0 Å². The van der Waals surface area contributed by atoms with E-state index in [1.165, 1.54) is 11.1 Å². The molecule has 1 fully saturated rings. The third-order valence-electron chi connectivity index (χ3n) is 4.70. The van der Waals surface area contributed by atoms with Gasteiger partial charge in [0.1, 0.15) is 6.54 Å². The van der Waals surface area contributed by atoms with Crippen molar-refractivity contribution in [1.82, 2.24) is 4.90 Å². The first kappa shape index (κ1) is 17.4. The van der Waals surface area contributed by atoms with Crippen LogP contribution in [-0.4, -0.2) is 22.5 Å². The maximum absolute atomic E-state index is 12.6. The van der Waals surface area contributed by atoms with Crippen LogP contribution >= 0.6 is 12.2 Å². The predicted octanol–water partition coefficient (Wildman–Crippen LogP) is 4.41. The van der Waals surface area contributed by atoms with Gasteiger partial charge in [0.15, 0.2) is 5.11 Å². The van der Waals surface area contributed by atoms with E-state index in [0.29, 0.717) is 18.2 Å². The van der Waals surface area contributed by atoms with Crippen LogP contribution in [0, 0.1) is 0 Å². The molecule has 134 valence electrons. The van der Waals surface area contributed by atoms with Gasteiger partial charge in [-0.25, -0.2) is 0 Å². The number of benzene rings is 3. The SMILES string of the molecule is O=C1CN(Cc2ccccc2)C(=S)N1c1ccc(Cc2ccccc2)cc1. The minimum atomic E-state index is 0.0201. The zero-order chi connectivity index (χ0) is 18.6. The van der Waals surface area contributed by atoms with Gasteiger partial charge in [-0.1, -0.05) is 72.8 Å². The molecule has 0 atom stereocenters. The number of carbonyl (C=O) groups is 1. The van der Waals surface area contributed by atoms with Crippen LogP contribution in [-0.2, 0) is 17.8 Å². The zero-order valence-corrected chi connectivity index (χ0v) is 15.7. The molecule has 4 heteroatoms. The van der Waals surface area contributed by atoms with Gasteiger partial charge < -0.3 is 4.90 Å². The summed E-state index contributed by atoms with van der Waals surface area (Å²) in [6.45, 7) is 0.966. The standard InChI is InChI=1S/C23H20N2OS/c26-22-17-24(16-20-9-5-2-6-10-20)23(27)25(22)21-13-11-19(12-14-21)15-18-7-3-1-4-8-18/h1-14H,15-17H2. The highest BCUT2D eigenvalue weighted by atomic mass is 32.1. The Morgan fingerprint density at radius 3 is 1.93 bits per heavy atom. The summed E-state index contributed by atoms with van der Waals surface area (Å²) in [6.07, 6.45) is 0.875. The van der Waals surface area contributed by atoms with Crippen LogP contribution in [0.1, 0.15) is 16.7 Å². The predicted molar refractivity (Wildman–Crippen MR) is 113 cm³/mol. The molecule has 1 saturated heterocycles. The summed E-state index contributed by atoms with van der Waals surface area (Å²) in [6, 6.07) is 28.5. The quantitative estimate of drug-likeness (QED) is 0.620. The fraction of sp³-hybridized carbons (Fsp3) is 0.130. The zero-order valence-electron chi connectivity index (χ0n) is 14.9. The fourth-order valence-corrected chi connectivity index (χ4v) is 3.66. The van der Waals surface area contributed by atoms with Gasteiger partial charge in [-0.2, -0.15) is 0 Å². The van der Waals surface area contributed by atoms with Crippen molar-refractivity contribution in [3.05, 3.63) is 102 Å². The van der Waals surface area contributed by atoms with Gasteiger partial charge in [-0.3, -0.25) is 9.69 Å². The van der Waals surface area contributed by atoms with Gasteiger partial charge in [-0.05, 0) is 47.5 Å². The number of anilines is 1. The van der Waals surface area contributed by atoms with Crippen LogP contribution in [0.2, 0.25) is 0 Å². The van der Waals surface area contributed by atoms with E-state index in [0.717, 1.165) is 17.7 Å². The number of rotatable bonds is 5. The third-order valence-corrected chi connectivity index (χ3v) is 5.14. The minimum absolute atomic E-state index is 0.0201. The van der Waals surface area contributed by atoms with Crippen molar-refractivity contribution in [2.75, 3.05) is 11.4 Å². The van der Waals surface area contributed by atoms with Gasteiger partial charge in [0.05, 0.1) is 5.69 Å². The number of thiocarbonyl (C=S) groups is 1. The third kappa shape index (κ3) is 3.91. The van der Waals surface area contributed by atoms with Crippen molar-refractivity contribution in [3.63, 3.8) is 0 Å². The molecule has 0 spiro atoms. The van der Waals surface area contributed by atoms with Crippen LogP contribution in [0.15, 0.2) is 84.9 Å². The Balaban J connectivity index is 1.48. The summed E-state index contributed by atoms with van der Waals surface area (Å²) < 4.78 is 0. The molecule has 3 aromatic rings. The lowest BCUT2D eigenvalue weighted by atomic mass is 10.0. The molecule has 1 aliphatic heterocycles. The van der Waals surface area contributed by atoms with E-state index in [1.54, 1.807) is 4.90 Å². The van der Waals surface area contributed by atoms with Crippen molar-refractivity contribution in [1.29, 1.82) is 0 Å². The monoisotopic (exact) mass is 372 g/mol. The van der Waals surface area contributed by atoms with Crippen LogP contribution in [0.5, 0.6) is 0 Å². The molecule has 1 amide bonds. The first-order valence-corrected chi connectivity index (χ1v) is 9.40. The smallest absolute Gasteiger partial charge is 0.252 e. The second-order valence-electron chi connectivity index (χ2n) is 6.68. The summed E-state index contributed by atoms with van der Waals surface area (Å²) >= 11 is 5.59. The molecule has 0 N–H and O–H groups in total. The summed E-state index contributed by atoms with van der Waals surface area (Å²) in [4.78, 5) is 16.2. The molecule has 1 heterocycles. The highest BCUT2D eigenvalue weighted by Gasteiger charge is 2.33. The van der Waals surface area contributed by atoms with E-state index in [1.807, 2.05) is 65.6 Å². The van der Waals surface area contributed by atoms with Crippen molar-refractivity contribution in [3.8, 4) is 0 Å². The molecule has 4 rings (SSSR count). The highest BCUT2D eigenvalue weighted by Crippen LogP contribution is 2.24. The lowest BCUT2D eigenvalue weighted by Gasteiger charge is -2.20. The molecule has 1 aliphatic rings. The number of hydrogen-bond acceptors (Lipinski definition) is 2. The molecular formula is C23H20N2OS. The first-order valence-electron chi connectivity index (χ1n) is 8.99. The normalized spacial score (nSPS) is 14.1. The molecule has 0 bridgehead atoms. The Hall–Kier alpha value is -2.98. The summed E-state index contributed by atoms with van der Waals surface area (Å²) in [5, 5.41) is 0.569. The Labute approximate surface area is 164 Å². The fourth-order valence-electron chi connectivity index (χ4n) is 3.33. The van der Waals surface area contributed by atoms with Crippen molar-refractivity contribution < 1.29 is 4.79 Å². The summed E-state index contributed by atoms with van der Waals surface area (Å²) in [5.74, 6) is 0.0201. The second kappa shape index (κ2) is 7.72. The van der Waals surface area contributed by atoms with Crippen molar-refractivity contribution in [2.24, 2.45) is 0 Å². The number of carbonyl (C=O) groups excluding carboxylic acids is 1. The van der Waals surface area contributed by atoms with Gasteiger partial charge in [0, 0.05) is 6.54 Å². The van der Waals surface area contributed by atoms with Gasteiger partial charge >= 0.3 is 0 Å². The second-order valence-corrected chi connectivity index (χ2v) is 7.05. The first-order chi connectivity index (χ1) is 13.2. The Morgan fingerprint density at radius 2 is 1.30 bits per heavy atom. The highest BCUT2D eigenvalue weighted by molar-refractivity contribution is 7.80. The largest absolute Gasteiger partial charge is 0.335 e. The molecule has 0 unspecified atom stereocenters. The maximum atomic E-state index is 12.6. The van der Waals surface area contributed by atoms with Gasteiger partial charge in [0.25, 0.3) is 5.91 Å². The summed E-state index contributed by atoms with van der Waals surface area (Å²) in [7, 11) is 0. The van der Waals surface area contributed by atoms with E-state index >= 15 is 0 Å². The van der Waals surface area contributed by atoms with Gasteiger partial charge in [0.2, 0.25) is 0 Å². The van der Waals surface area contributed by atoms with E-state index in [4.69, 9.17) is 12.2 Å². The van der Waals surface area contributed by atoms with E-state index in [2.05, 4.69) is 24.3 Å². The number of amides is 1. The summed E-state index contributed by atoms with van der Waals surface area (Å²) in [5.41, 5.74) is 4.46. The molecule has 0 saturated carbocycles. The van der Waals surface area contributed by atoms with Gasteiger partial charge in [-0.15, -0.1) is 0 Å². The average molecular weight is 372 g/mol. The molecule has 27 heavy (non-hydrogen) atoms. The van der Waals surface area contributed by atoms with Crippen molar-refractivity contribution in [2.45, 2.75) is 13.0 Å². The molecule has 0 radical (unpaired) electrons. The molecule has 3 nitrogen and oxygen atoms in total. The van der Waals surface area contributed by atoms with Crippen LogP contribution in [0.4, 0.5) is 5.69 Å². The minimum Gasteiger partial charge on any atom is -0.335 e. The van der Waals surface area contributed by atoms with Crippen LogP contribution < -0.4 is 4.90 Å². The lowest BCUT2D eigenvalue weighted by Crippen LogP contribution is -2.32. The average Bonchev–Trinajstić information content (AvgIpc) is 2.97. The lowest BCUT2D eigenvalue weighted by molar-refractivity contribution is -0.116. The van der Waals surface area contributed by atoms with E-state index in [9.17, 15) is 4.79 Å². The van der Waals surface area contributed by atoms with E-state index < -0.39 is 0 Å².